The van der Waals surface area contributed by atoms with E-state index in [4.69, 9.17) is 0 Å². The van der Waals surface area contributed by atoms with Crippen molar-refractivity contribution in [3.05, 3.63) is 30.1 Å². The first-order valence-electron chi connectivity index (χ1n) is 5.62. The highest BCUT2D eigenvalue weighted by atomic mass is 16.3. The van der Waals surface area contributed by atoms with E-state index in [-0.39, 0.29) is 6.61 Å². The Morgan fingerprint density at radius 3 is 2.76 bits per heavy atom. The third-order valence-corrected chi connectivity index (χ3v) is 2.64. The minimum atomic E-state index is -0.398. The molecular weight excluding hydrogens is 214 g/mol. The lowest BCUT2D eigenvalue weighted by atomic mass is 10.1. The van der Waals surface area contributed by atoms with Crippen molar-refractivity contribution in [3.8, 4) is 0 Å². The third-order valence-electron chi connectivity index (χ3n) is 2.64. The Labute approximate surface area is 101 Å². The monoisotopic (exact) mass is 231 g/mol. The molecule has 0 saturated carbocycles. The highest BCUT2D eigenvalue weighted by Crippen LogP contribution is 2.23. The second-order valence-electron chi connectivity index (χ2n) is 4.91. The summed E-state index contributed by atoms with van der Waals surface area (Å²) in [5.41, 5.74) is 1.67. The largest absolute Gasteiger partial charge is 0.394 e. The van der Waals surface area contributed by atoms with E-state index in [1.165, 1.54) is 6.33 Å². The van der Waals surface area contributed by atoms with Crippen LogP contribution in [0.2, 0.25) is 0 Å². The topological polar surface area (TPSA) is 58.0 Å². The molecule has 4 heteroatoms. The molecule has 0 radical (unpaired) electrons. The van der Waals surface area contributed by atoms with Crippen molar-refractivity contribution < 1.29 is 5.11 Å². The van der Waals surface area contributed by atoms with Gasteiger partial charge < -0.3 is 10.4 Å². The van der Waals surface area contributed by atoms with Gasteiger partial charge in [0.2, 0.25) is 0 Å². The number of rotatable bonds is 3. The summed E-state index contributed by atoms with van der Waals surface area (Å²) in [4.78, 5) is 8.47. The predicted octanol–water partition coefficient (Wildman–Crippen LogP) is 2.12. The van der Waals surface area contributed by atoms with Crippen LogP contribution in [0.1, 0.15) is 19.4 Å². The maximum atomic E-state index is 9.28. The number of aliphatic hydroxyl groups is 1. The average molecular weight is 231 g/mol. The first kappa shape index (κ1) is 11.8. The van der Waals surface area contributed by atoms with Gasteiger partial charge in [-0.1, -0.05) is 11.6 Å². The second kappa shape index (κ2) is 4.30. The molecule has 90 valence electrons. The molecule has 0 spiro atoms. The van der Waals surface area contributed by atoms with Crippen LogP contribution in [0.25, 0.3) is 10.9 Å². The molecular formula is C13H17N3O. The number of anilines is 1. The molecule has 0 aliphatic carbocycles. The Bertz CT molecular complexity index is 537. The number of aliphatic hydroxyl groups excluding tert-OH is 1. The maximum absolute atomic E-state index is 9.28. The molecule has 2 rings (SSSR count). The molecule has 0 fully saturated rings. The lowest BCUT2D eigenvalue weighted by molar-refractivity contribution is 0.234. The molecule has 0 aliphatic heterocycles. The predicted molar refractivity (Wildman–Crippen MR) is 69.1 cm³/mol. The molecule has 0 bridgehead atoms. The molecule has 0 aliphatic rings. The molecule has 17 heavy (non-hydrogen) atoms. The van der Waals surface area contributed by atoms with E-state index in [0.29, 0.717) is 0 Å². The molecule has 2 N–H and O–H groups in total. The van der Waals surface area contributed by atoms with Crippen molar-refractivity contribution >= 4 is 16.7 Å². The van der Waals surface area contributed by atoms with Gasteiger partial charge in [0.25, 0.3) is 0 Å². The number of nitrogens with one attached hydrogen (secondary N) is 1. The van der Waals surface area contributed by atoms with Crippen LogP contribution < -0.4 is 5.32 Å². The van der Waals surface area contributed by atoms with Crippen LogP contribution >= 0.6 is 0 Å². The van der Waals surface area contributed by atoms with Crippen LogP contribution in [-0.4, -0.2) is 27.2 Å². The van der Waals surface area contributed by atoms with Gasteiger partial charge in [-0.05, 0) is 32.9 Å². The van der Waals surface area contributed by atoms with E-state index in [0.717, 1.165) is 22.3 Å². The normalized spacial score (nSPS) is 11.8. The third kappa shape index (κ3) is 2.53. The number of aryl methyl sites for hydroxylation is 1. The summed E-state index contributed by atoms with van der Waals surface area (Å²) < 4.78 is 0. The van der Waals surface area contributed by atoms with Crippen LogP contribution in [0.3, 0.4) is 0 Å². The van der Waals surface area contributed by atoms with Crippen LogP contribution in [0.15, 0.2) is 24.5 Å². The zero-order valence-corrected chi connectivity index (χ0v) is 10.4. The minimum Gasteiger partial charge on any atom is -0.394 e. The van der Waals surface area contributed by atoms with Gasteiger partial charge in [0.1, 0.15) is 12.1 Å². The van der Waals surface area contributed by atoms with Crippen molar-refractivity contribution in [3.63, 3.8) is 0 Å². The van der Waals surface area contributed by atoms with Crippen molar-refractivity contribution in [1.82, 2.24) is 9.97 Å². The minimum absolute atomic E-state index is 0.0459. The van der Waals surface area contributed by atoms with Gasteiger partial charge in [-0.2, -0.15) is 0 Å². The Hall–Kier alpha value is -1.68. The van der Waals surface area contributed by atoms with Crippen molar-refractivity contribution in [2.45, 2.75) is 26.3 Å². The molecule has 1 aromatic heterocycles. The lowest BCUT2D eigenvalue weighted by Gasteiger charge is -2.24. The summed E-state index contributed by atoms with van der Waals surface area (Å²) >= 11 is 0. The standard InChI is InChI=1S/C13H17N3O/c1-9-4-5-11-10(6-9)12(15-8-14-11)16-13(2,3)7-17/h4-6,8,17H,7H2,1-3H3,(H,14,15,16). The van der Waals surface area contributed by atoms with E-state index in [9.17, 15) is 5.11 Å². The number of fused-ring (bicyclic) bond motifs is 1. The van der Waals surface area contributed by atoms with Gasteiger partial charge in [-0.3, -0.25) is 0 Å². The smallest absolute Gasteiger partial charge is 0.137 e. The van der Waals surface area contributed by atoms with Crippen LogP contribution in [0, 0.1) is 6.92 Å². The van der Waals surface area contributed by atoms with Gasteiger partial charge in [-0.15, -0.1) is 0 Å². The summed E-state index contributed by atoms with van der Waals surface area (Å²) in [5.74, 6) is 0.762. The van der Waals surface area contributed by atoms with Gasteiger partial charge >= 0.3 is 0 Å². The number of hydrogen-bond donors (Lipinski definition) is 2. The fourth-order valence-electron chi connectivity index (χ4n) is 1.63. The van der Waals surface area contributed by atoms with Gasteiger partial charge in [0.05, 0.1) is 17.7 Å². The quantitative estimate of drug-likeness (QED) is 0.849. The van der Waals surface area contributed by atoms with E-state index in [2.05, 4.69) is 15.3 Å². The SMILES string of the molecule is Cc1ccc2ncnc(NC(C)(C)CO)c2c1. The summed E-state index contributed by atoms with van der Waals surface area (Å²) in [5, 5.41) is 13.5. The summed E-state index contributed by atoms with van der Waals surface area (Å²) in [7, 11) is 0. The van der Waals surface area contributed by atoms with E-state index < -0.39 is 5.54 Å². The number of nitrogens with zero attached hydrogens (tertiary/aromatic N) is 2. The molecule has 0 unspecified atom stereocenters. The fourth-order valence-corrected chi connectivity index (χ4v) is 1.63. The summed E-state index contributed by atoms with van der Waals surface area (Å²) in [6.45, 7) is 5.94. The van der Waals surface area contributed by atoms with E-state index in [1.54, 1.807) is 0 Å². The second-order valence-corrected chi connectivity index (χ2v) is 4.91. The molecule has 4 nitrogen and oxygen atoms in total. The zero-order chi connectivity index (χ0) is 12.5. The highest BCUT2D eigenvalue weighted by Gasteiger charge is 2.17. The average Bonchev–Trinajstić information content (AvgIpc) is 2.30. The van der Waals surface area contributed by atoms with E-state index >= 15 is 0 Å². The molecule has 0 amide bonds. The highest BCUT2D eigenvalue weighted by molar-refractivity contribution is 5.89. The molecule has 0 saturated heterocycles. The fraction of sp³-hybridized carbons (Fsp3) is 0.385. The maximum Gasteiger partial charge on any atom is 0.137 e. The lowest BCUT2D eigenvalue weighted by Crippen LogP contribution is -2.35. The first-order valence-corrected chi connectivity index (χ1v) is 5.62. The van der Waals surface area contributed by atoms with Gasteiger partial charge in [-0.25, -0.2) is 9.97 Å². The van der Waals surface area contributed by atoms with Gasteiger partial charge in [0, 0.05) is 5.39 Å². The summed E-state index contributed by atoms with van der Waals surface area (Å²) in [6, 6.07) is 6.05. The first-order chi connectivity index (χ1) is 8.02. The van der Waals surface area contributed by atoms with Crippen molar-refractivity contribution in [2.75, 3.05) is 11.9 Å². The molecule has 1 heterocycles. The van der Waals surface area contributed by atoms with Crippen molar-refractivity contribution in [1.29, 1.82) is 0 Å². The van der Waals surface area contributed by atoms with Gasteiger partial charge in [0.15, 0.2) is 0 Å². The van der Waals surface area contributed by atoms with Crippen LogP contribution in [0.4, 0.5) is 5.82 Å². The van der Waals surface area contributed by atoms with Crippen molar-refractivity contribution in [2.24, 2.45) is 0 Å². The van der Waals surface area contributed by atoms with Crippen LogP contribution in [0.5, 0.6) is 0 Å². The molecule has 0 atom stereocenters. The zero-order valence-electron chi connectivity index (χ0n) is 10.4. The van der Waals surface area contributed by atoms with E-state index in [1.807, 2.05) is 39.0 Å². The molecule has 2 aromatic rings. The Kier molecular flexibility index (Phi) is 2.98. The number of benzene rings is 1. The Morgan fingerprint density at radius 2 is 2.06 bits per heavy atom. The number of hydrogen-bond acceptors (Lipinski definition) is 4. The summed E-state index contributed by atoms with van der Waals surface area (Å²) in [6.07, 6.45) is 1.54. The van der Waals surface area contributed by atoms with Crippen LogP contribution in [-0.2, 0) is 0 Å². The molecule has 1 aromatic carbocycles. The number of aromatic nitrogens is 2. The Morgan fingerprint density at radius 1 is 1.29 bits per heavy atom. The Balaban J connectivity index is 2.50.